The van der Waals surface area contributed by atoms with Crippen LogP contribution in [0.25, 0.3) is 0 Å². The summed E-state index contributed by atoms with van der Waals surface area (Å²) in [6.45, 7) is 6.43. The molecule has 21 heavy (non-hydrogen) atoms. The summed E-state index contributed by atoms with van der Waals surface area (Å²) in [6, 6.07) is 18.2. The van der Waals surface area contributed by atoms with E-state index in [9.17, 15) is 5.11 Å². The van der Waals surface area contributed by atoms with Crippen molar-refractivity contribution in [1.82, 2.24) is 5.32 Å². The maximum Gasteiger partial charge on any atom is 0.115 e. The first-order valence-electron chi connectivity index (χ1n) is 7.68. The fourth-order valence-electron chi connectivity index (χ4n) is 2.55. The van der Waals surface area contributed by atoms with Gasteiger partial charge in [0.1, 0.15) is 5.75 Å². The molecule has 2 rings (SSSR count). The highest BCUT2D eigenvalue weighted by Gasteiger charge is 2.12. The summed E-state index contributed by atoms with van der Waals surface area (Å²) < 4.78 is 0. The van der Waals surface area contributed by atoms with E-state index < -0.39 is 0 Å². The Hall–Kier alpha value is -1.80. The molecule has 0 aliphatic heterocycles. The SMILES string of the molecule is CC(C)CNCC(Cc1cccc(O)c1)c1ccccc1. The Balaban J connectivity index is 2.08. The molecular formula is C19H25NO. The summed E-state index contributed by atoms with van der Waals surface area (Å²) in [7, 11) is 0. The summed E-state index contributed by atoms with van der Waals surface area (Å²) in [4.78, 5) is 0. The summed E-state index contributed by atoms with van der Waals surface area (Å²) in [5.41, 5.74) is 2.52. The highest BCUT2D eigenvalue weighted by Crippen LogP contribution is 2.22. The average Bonchev–Trinajstić information content (AvgIpc) is 2.47. The molecule has 0 aliphatic carbocycles. The lowest BCUT2D eigenvalue weighted by molar-refractivity contribution is 0.473. The van der Waals surface area contributed by atoms with Crippen LogP contribution < -0.4 is 5.32 Å². The second kappa shape index (κ2) is 7.84. The number of aromatic hydroxyl groups is 1. The third-order valence-electron chi connectivity index (χ3n) is 3.61. The van der Waals surface area contributed by atoms with Crippen molar-refractivity contribution < 1.29 is 5.11 Å². The van der Waals surface area contributed by atoms with Gasteiger partial charge in [0.2, 0.25) is 0 Å². The Labute approximate surface area is 127 Å². The van der Waals surface area contributed by atoms with Crippen molar-refractivity contribution in [3.05, 3.63) is 65.7 Å². The Kier molecular flexibility index (Phi) is 5.82. The lowest BCUT2D eigenvalue weighted by Crippen LogP contribution is -2.26. The molecule has 2 nitrogen and oxygen atoms in total. The standard InChI is InChI=1S/C19H25NO/c1-15(2)13-20-14-18(17-8-4-3-5-9-17)11-16-7-6-10-19(21)12-16/h3-10,12,15,18,20-21H,11,13-14H2,1-2H3. The van der Waals surface area contributed by atoms with E-state index in [2.05, 4.69) is 55.6 Å². The minimum Gasteiger partial charge on any atom is -0.508 e. The number of rotatable bonds is 7. The monoisotopic (exact) mass is 283 g/mol. The van der Waals surface area contributed by atoms with E-state index in [4.69, 9.17) is 0 Å². The van der Waals surface area contributed by atoms with Crippen molar-refractivity contribution in [1.29, 1.82) is 0 Å². The molecule has 0 amide bonds. The topological polar surface area (TPSA) is 32.3 Å². The number of hydrogen-bond acceptors (Lipinski definition) is 2. The molecular weight excluding hydrogens is 258 g/mol. The molecule has 112 valence electrons. The Morgan fingerprint density at radius 3 is 2.38 bits per heavy atom. The molecule has 0 fully saturated rings. The third-order valence-corrected chi connectivity index (χ3v) is 3.61. The van der Waals surface area contributed by atoms with E-state index in [1.165, 1.54) is 11.1 Å². The summed E-state index contributed by atoms with van der Waals surface area (Å²) in [5, 5.41) is 13.2. The Bertz CT molecular complexity index is 536. The van der Waals surface area contributed by atoms with E-state index >= 15 is 0 Å². The molecule has 2 heteroatoms. The number of nitrogens with one attached hydrogen (secondary N) is 1. The third kappa shape index (κ3) is 5.24. The highest BCUT2D eigenvalue weighted by molar-refractivity contribution is 5.30. The van der Waals surface area contributed by atoms with Gasteiger partial charge in [-0.2, -0.15) is 0 Å². The van der Waals surface area contributed by atoms with Crippen LogP contribution in [0.2, 0.25) is 0 Å². The lowest BCUT2D eigenvalue weighted by atomic mass is 9.91. The number of phenolic OH excluding ortho intramolecular Hbond substituents is 1. The maximum absolute atomic E-state index is 9.63. The van der Waals surface area contributed by atoms with Crippen molar-refractivity contribution in [2.24, 2.45) is 5.92 Å². The van der Waals surface area contributed by atoms with E-state index in [-0.39, 0.29) is 0 Å². The van der Waals surface area contributed by atoms with Gasteiger partial charge in [-0.3, -0.25) is 0 Å². The molecule has 1 atom stereocenters. The van der Waals surface area contributed by atoms with Gasteiger partial charge in [0.25, 0.3) is 0 Å². The van der Waals surface area contributed by atoms with Gasteiger partial charge in [-0.05, 0) is 42.1 Å². The predicted molar refractivity (Wildman–Crippen MR) is 88.7 cm³/mol. The normalized spacial score (nSPS) is 12.5. The van der Waals surface area contributed by atoms with Crippen molar-refractivity contribution in [3.63, 3.8) is 0 Å². The zero-order valence-electron chi connectivity index (χ0n) is 12.9. The average molecular weight is 283 g/mol. The fraction of sp³-hybridized carbons (Fsp3) is 0.368. The smallest absolute Gasteiger partial charge is 0.115 e. The number of hydrogen-bond donors (Lipinski definition) is 2. The highest BCUT2D eigenvalue weighted by atomic mass is 16.3. The van der Waals surface area contributed by atoms with Gasteiger partial charge >= 0.3 is 0 Å². The van der Waals surface area contributed by atoms with Gasteiger partial charge in [-0.15, -0.1) is 0 Å². The van der Waals surface area contributed by atoms with Crippen LogP contribution in [0, 0.1) is 5.92 Å². The largest absolute Gasteiger partial charge is 0.508 e. The van der Waals surface area contributed by atoms with Crippen LogP contribution in [0.5, 0.6) is 5.75 Å². The van der Waals surface area contributed by atoms with Crippen LogP contribution in [-0.4, -0.2) is 18.2 Å². The number of benzene rings is 2. The first-order valence-corrected chi connectivity index (χ1v) is 7.68. The van der Waals surface area contributed by atoms with Crippen LogP contribution >= 0.6 is 0 Å². The summed E-state index contributed by atoms with van der Waals surface area (Å²) in [5.74, 6) is 1.42. The van der Waals surface area contributed by atoms with E-state index in [1.54, 1.807) is 6.07 Å². The molecule has 2 N–H and O–H groups in total. The second-order valence-electron chi connectivity index (χ2n) is 6.03. The van der Waals surface area contributed by atoms with Gasteiger partial charge in [-0.1, -0.05) is 56.3 Å². The molecule has 0 heterocycles. The zero-order chi connectivity index (χ0) is 15.1. The molecule has 0 aliphatic rings. The number of phenols is 1. The maximum atomic E-state index is 9.63. The molecule has 0 saturated heterocycles. The van der Waals surface area contributed by atoms with Gasteiger partial charge in [0.15, 0.2) is 0 Å². The quantitative estimate of drug-likeness (QED) is 0.806. The van der Waals surface area contributed by atoms with E-state index in [0.717, 1.165) is 19.5 Å². The van der Waals surface area contributed by atoms with Gasteiger partial charge in [0.05, 0.1) is 0 Å². The van der Waals surface area contributed by atoms with Crippen molar-refractivity contribution in [3.8, 4) is 5.75 Å². The van der Waals surface area contributed by atoms with Gasteiger partial charge in [-0.25, -0.2) is 0 Å². The van der Waals surface area contributed by atoms with Crippen molar-refractivity contribution >= 4 is 0 Å². The lowest BCUT2D eigenvalue weighted by Gasteiger charge is -2.19. The van der Waals surface area contributed by atoms with Crippen molar-refractivity contribution in [2.45, 2.75) is 26.2 Å². The minimum absolute atomic E-state index is 0.342. The minimum atomic E-state index is 0.342. The van der Waals surface area contributed by atoms with Gasteiger partial charge in [0, 0.05) is 12.5 Å². The molecule has 2 aromatic rings. The summed E-state index contributed by atoms with van der Waals surface area (Å²) in [6.07, 6.45) is 0.934. The Morgan fingerprint density at radius 1 is 0.952 bits per heavy atom. The van der Waals surface area contributed by atoms with Crippen LogP contribution in [0.4, 0.5) is 0 Å². The second-order valence-corrected chi connectivity index (χ2v) is 6.03. The first kappa shape index (κ1) is 15.6. The Morgan fingerprint density at radius 2 is 1.71 bits per heavy atom. The van der Waals surface area contributed by atoms with Gasteiger partial charge < -0.3 is 10.4 Å². The molecule has 1 unspecified atom stereocenters. The fourth-order valence-corrected chi connectivity index (χ4v) is 2.55. The molecule has 0 aromatic heterocycles. The van der Waals surface area contributed by atoms with Crippen LogP contribution in [0.1, 0.15) is 30.9 Å². The van der Waals surface area contributed by atoms with Crippen LogP contribution in [0.3, 0.4) is 0 Å². The van der Waals surface area contributed by atoms with E-state index in [0.29, 0.717) is 17.6 Å². The van der Waals surface area contributed by atoms with Crippen LogP contribution in [-0.2, 0) is 6.42 Å². The zero-order valence-corrected chi connectivity index (χ0v) is 12.9. The predicted octanol–water partition coefficient (Wildman–Crippen LogP) is 3.96. The molecule has 0 bridgehead atoms. The molecule has 2 aromatic carbocycles. The molecule has 0 spiro atoms. The molecule has 0 saturated carbocycles. The first-order chi connectivity index (χ1) is 10.1. The van der Waals surface area contributed by atoms with E-state index in [1.807, 2.05) is 12.1 Å². The molecule has 0 radical (unpaired) electrons. The van der Waals surface area contributed by atoms with Crippen LogP contribution in [0.15, 0.2) is 54.6 Å². The van der Waals surface area contributed by atoms with Crippen molar-refractivity contribution in [2.75, 3.05) is 13.1 Å². The summed E-state index contributed by atoms with van der Waals surface area (Å²) >= 11 is 0.